The zero-order chi connectivity index (χ0) is 10.4. The molecule has 14 heavy (non-hydrogen) atoms. The number of benzene rings is 1. The molecule has 0 aromatic heterocycles. The molecule has 0 aliphatic rings. The van der Waals surface area contributed by atoms with Gasteiger partial charge in [0.25, 0.3) is 0 Å². The van der Waals surface area contributed by atoms with Crippen LogP contribution in [0.4, 0.5) is 0 Å². The van der Waals surface area contributed by atoms with Crippen molar-refractivity contribution in [2.75, 3.05) is 14.2 Å². The SMILES string of the molecule is CC#Cc1ccccc1[Si](OC)OC. The summed E-state index contributed by atoms with van der Waals surface area (Å²) in [7, 11) is 1.97. The standard InChI is InChI=1S/C11H13O2Si/c1-4-7-10-8-5-6-9-11(10)14(12-2)13-3/h5-6,8-9H,1-3H3. The lowest BCUT2D eigenvalue weighted by Crippen LogP contribution is -2.36. The molecular weight excluding hydrogens is 192 g/mol. The van der Waals surface area contributed by atoms with Gasteiger partial charge in [-0.1, -0.05) is 24.1 Å². The predicted molar refractivity (Wildman–Crippen MR) is 58.4 cm³/mol. The molecule has 0 fully saturated rings. The maximum atomic E-state index is 5.28. The van der Waals surface area contributed by atoms with Crippen molar-refractivity contribution in [3.63, 3.8) is 0 Å². The lowest BCUT2D eigenvalue weighted by Gasteiger charge is -2.10. The summed E-state index contributed by atoms with van der Waals surface area (Å²) in [4.78, 5) is 0. The van der Waals surface area contributed by atoms with Crippen LogP contribution in [0.1, 0.15) is 12.5 Å². The van der Waals surface area contributed by atoms with Crippen LogP contribution in [-0.4, -0.2) is 23.5 Å². The molecule has 73 valence electrons. The molecule has 0 bridgehead atoms. The topological polar surface area (TPSA) is 18.5 Å². The zero-order valence-electron chi connectivity index (χ0n) is 8.63. The highest BCUT2D eigenvalue weighted by atomic mass is 28.3. The molecule has 1 aromatic carbocycles. The van der Waals surface area contributed by atoms with Crippen LogP contribution >= 0.6 is 0 Å². The molecule has 1 radical (unpaired) electrons. The van der Waals surface area contributed by atoms with Gasteiger partial charge in [-0.3, -0.25) is 0 Å². The number of rotatable bonds is 3. The summed E-state index contributed by atoms with van der Waals surface area (Å²) in [5, 5.41) is 1.07. The zero-order valence-corrected chi connectivity index (χ0v) is 9.63. The first-order chi connectivity index (χ1) is 6.83. The molecule has 0 saturated heterocycles. The van der Waals surface area contributed by atoms with Crippen LogP contribution in [0.25, 0.3) is 0 Å². The summed E-state index contributed by atoms with van der Waals surface area (Å²) >= 11 is 0. The van der Waals surface area contributed by atoms with Gasteiger partial charge in [-0.25, -0.2) is 0 Å². The highest BCUT2D eigenvalue weighted by molar-refractivity contribution is 6.62. The number of hydrogen-bond donors (Lipinski definition) is 0. The van der Waals surface area contributed by atoms with E-state index in [4.69, 9.17) is 8.85 Å². The summed E-state index contributed by atoms with van der Waals surface area (Å²) in [5.74, 6) is 5.92. The Morgan fingerprint density at radius 2 is 1.79 bits per heavy atom. The summed E-state index contributed by atoms with van der Waals surface area (Å²) < 4.78 is 10.6. The normalized spacial score (nSPS) is 9.71. The van der Waals surface area contributed by atoms with E-state index >= 15 is 0 Å². The number of hydrogen-bond acceptors (Lipinski definition) is 2. The van der Waals surface area contributed by atoms with Gasteiger partial charge >= 0.3 is 9.28 Å². The smallest absolute Gasteiger partial charge is 0.393 e. The summed E-state index contributed by atoms with van der Waals surface area (Å²) in [6, 6.07) is 7.92. The van der Waals surface area contributed by atoms with Crippen molar-refractivity contribution in [1.29, 1.82) is 0 Å². The first kappa shape index (κ1) is 11.0. The van der Waals surface area contributed by atoms with E-state index in [1.165, 1.54) is 0 Å². The first-order valence-electron chi connectivity index (χ1n) is 4.30. The maximum Gasteiger partial charge on any atom is 0.424 e. The van der Waals surface area contributed by atoms with Gasteiger partial charge in [0.1, 0.15) is 0 Å². The third-order valence-electron chi connectivity index (χ3n) is 1.78. The van der Waals surface area contributed by atoms with Gasteiger partial charge in [-0.05, 0) is 13.0 Å². The Hall–Kier alpha value is -1.08. The Morgan fingerprint density at radius 1 is 1.14 bits per heavy atom. The molecule has 0 aliphatic carbocycles. The van der Waals surface area contributed by atoms with Gasteiger partial charge in [0, 0.05) is 25.0 Å². The second-order valence-electron chi connectivity index (χ2n) is 2.62. The lowest BCUT2D eigenvalue weighted by atomic mass is 10.2. The van der Waals surface area contributed by atoms with Crippen LogP contribution in [0, 0.1) is 11.8 Å². The summed E-state index contributed by atoms with van der Waals surface area (Å²) in [6.45, 7) is 1.82. The molecule has 0 amide bonds. The lowest BCUT2D eigenvalue weighted by molar-refractivity contribution is 0.292. The van der Waals surface area contributed by atoms with E-state index in [2.05, 4.69) is 11.8 Å². The summed E-state index contributed by atoms with van der Waals surface area (Å²) in [6.07, 6.45) is 0. The fourth-order valence-electron chi connectivity index (χ4n) is 1.21. The van der Waals surface area contributed by atoms with Crippen molar-refractivity contribution in [3.8, 4) is 11.8 Å². The Morgan fingerprint density at radius 3 is 2.36 bits per heavy atom. The van der Waals surface area contributed by atoms with Gasteiger partial charge in [-0.15, -0.1) is 5.92 Å². The van der Waals surface area contributed by atoms with Gasteiger partial charge in [0.2, 0.25) is 0 Å². The van der Waals surface area contributed by atoms with Gasteiger partial charge in [-0.2, -0.15) is 0 Å². The van der Waals surface area contributed by atoms with E-state index in [1.54, 1.807) is 14.2 Å². The first-order valence-corrected chi connectivity index (χ1v) is 5.62. The largest absolute Gasteiger partial charge is 0.424 e. The summed E-state index contributed by atoms with van der Waals surface area (Å²) in [5.41, 5.74) is 0.993. The molecule has 0 atom stereocenters. The highest BCUT2D eigenvalue weighted by Crippen LogP contribution is 1.98. The second kappa shape index (κ2) is 5.61. The third-order valence-corrected chi connectivity index (χ3v) is 3.39. The molecule has 3 heteroatoms. The Kier molecular flexibility index (Phi) is 4.40. The van der Waals surface area contributed by atoms with Gasteiger partial charge in [0.15, 0.2) is 0 Å². The van der Waals surface area contributed by atoms with Crippen molar-refractivity contribution >= 4 is 14.5 Å². The van der Waals surface area contributed by atoms with Crippen molar-refractivity contribution in [1.82, 2.24) is 0 Å². The third kappa shape index (κ3) is 2.45. The van der Waals surface area contributed by atoms with E-state index in [9.17, 15) is 0 Å². The Balaban J connectivity index is 3.09. The molecular formula is C11H13O2Si. The van der Waals surface area contributed by atoms with E-state index in [-0.39, 0.29) is 0 Å². The Bertz CT molecular complexity index is 348. The minimum atomic E-state index is -1.36. The maximum absolute atomic E-state index is 5.28. The minimum absolute atomic E-state index is 0.993. The van der Waals surface area contributed by atoms with Crippen LogP contribution in [-0.2, 0) is 8.85 Å². The average molecular weight is 205 g/mol. The molecule has 0 saturated carbocycles. The molecule has 0 heterocycles. The molecule has 0 N–H and O–H groups in total. The molecule has 0 spiro atoms. The van der Waals surface area contributed by atoms with Crippen molar-refractivity contribution < 1.29 is 8.85 Å². The van der Waals surface area contributed by atoms with E-state index in [1.807, 2.05) is 31.2 Å². The molecule has 0 aliphatic heterocycles. The fourth-order valence-corrected chi connectivity index (χ4v) is 2.41. The average Bonchev–Trinajstić information content (AvgIpc) is 2.23. The van der Waals surface area contributed by atoms with Crippen molar-refractivity contribution in [2.45, 2.75) is 6.92 Å². The van der Waals surface area contributed by atoms with Crippen LogP contribution in [0.2, 0.25) is 0 Å². The second-order valence-corrected chi connectivity index (χ2v) is 4.55. The van der Waals surface area contributed by atoms with Crippen LogP contribution in [0.15, 0.2) is 24.3 Å². The fraction of sp³-hybridized carbons (Fsp3) is 0.273. The molecule has 0 unspecified atom stereocenters. The van der Waals surface area contributed by atoms with E-state index in [0.29, 0.717) is 0 Å². The van der Waals surface area contributed by atoms with E-state index in [0.717, 1.165) is 10.8 Å². The Labute approximate surface area is 86.7 Å². The quantitative estimate of drug-likeness (QED) is 0.542. The predicted octanol–water partition coefficient (Wildman–Crippen LogP) is 1.05. The molecule has 1 aromatic rings. The van der Waals surface area contributed by atoms with Gasteiger partial charge < -0.3 is 8.85 Å². The minimum Gasteiger partial charge on any atom is -0.393 e. The van der Waals surface area contributed by atoms with Crippen LogP contribution in [0.3, 0.4) is 0 Å². The van der Waals surface area contributed by atoms with Crippen molar-refractivity contribution in [3.05, 3.63) is 29.8 Å². The monoisotopic (exact) mass is 205 g/mol. The van der Waals surface area contributed by atoms with Gasteiger partial charge in [0.05, 0.1) is 0 Å². The van der Waals surface area contributed by atoms with Crippen LogP contribution in [0.5, 0.6) is 0 Å². The molecule has 1 rings (SSSR count). The van der Waals surface area contributed by atoms with E-state index < -0.39 is 9.28 Å². The highest BCUT2D eigenvalue weighted by Gasteiger charge is 2.18. The van der Waals surface area contributed by atoms with Crippen LogP contribution < -0.4 is 5.19 Å². The van der Waals surface area contributed by atoms with Crippen molar-refractivity contribution in [2.24, 2.45) is 0 Å². The molecule has 2 nitrogen and oxygen atoms in total.